The highest BCUT2D eigenvalue weighted by atomic mass is 32.1. The average molecular weight is 373 g/mol. The van der Waals surface area contributed by atoms with Gasteiger partial charge in [0.25, 0.3) is 5.91 Å². The Hall–Kier alpha value is -3.18. The summed E-state index contributed by atoms with van der Waals surface area (Å²) in [5, 5.41) is 8.42. The molecule has 1 N–H and O–H groups in total. The number of fused-ring (bicyclic) bond motifs is 1. The predicted molar refractivity (Wildman–Crippen MR) is 112 cm³/mol. The Morgan fingerprint density at radius 1 is 1.07 bits per heavy atom. The lowest BCUT2D eigenvalue weighted by atomic mass is 10.1. The zero-order valence-electron chi connectivity index (χ0n) is 15.1. The number of carbonyl (C=O) groups is 1. The van der Waals surface area contributed by atoms with Crippen LogP contribution in [0.15, 0.2) is 71.1 Å². The van der Waals surface area contributed by atoms with Crippen LogP contribution in [0.5, 0.6) is 0 Å². The van der Waals surface area contributed by atoms with Crippen LogP contribution >= 0.6 is 11.3 Å². The van der Waals surface area contributed by atoms with Crippen molar-refractivity contribution in [2.45, 2.75) is 13.8 Å². The van der Waals surface area contributed by atoms with E-state index in [0.29, 0.717) is 4.88 Å². The Bertz CT molecular complexity index is 1130. The fraction of sp³-hybridized carbons (Fsp3) is 0.0909. The monoisotopic (exact) mass is 373 g/mol. The van der Waals surface area contributed by atoms with Gasteiger partial charge in [0.1, 0.15) is 0 Å². The van der Waals surface area contributed by atoms with Crippen LogP contribution < -0.4 is 5.43 Å². The van der Waals surface area contributed by atoms with E-state index in [9.17, 15) is 4.79 Å². The number of aryl methyl sites for hydroxylation is 1. The summed E-state index contributed by atoms with van der Waals surface area (Å²) in [7, 11) is 0. The molecule has 0 radical (unpaired) electrons. The van der Waals surface area contributed by atoms with Crippen molar-refractivity contribution in [1.82, 2.24) is 9.99 Å². The summed E-state index contributed by atoms with van der Waals surface area (Å²) >= 11 is 1.40. The van der Waals surface area contributed by atoms with Crippen LogP contribution in [0, 0.1) is 13.8 Å². The Balaban J connectivity index is 1.66. The molecule has 0 unspecified atom stereocenters. The molecule has 0 fully saturated rings. The van der Waals surface area contributed by atoms with Crippen molar-refractivity contribution in [2.75, 3.05) is 0 Å². The van der Waals surface area contributed by atoms with Crippen molar-refractivity contribution < 1.29 is 4.79 Å². The first-order valence-electron chi connectivity index (χ1n) is 8.69. The largest absolute Gasteiger partial charge is 0.317 e. The summed E-state index contributed by atoms with van der Waals surface area (Å²) < 4.78 is 2.23. The number of hydrogen-bond acceptors (Lipinski definition) is 3. The number of thiophene rings is 1. The van der Waals surface area contributed by atoms with Crippen molar-refractivity contribution in [3.63, 3.8) is 0 Å². The second kappa shape index (κ2) is 7.21. The third kappa shape index (κ3) is 3.29. The highest BCUT2D eigenvalue weighted by Gasteiger charge is 2.12. The molecule has 0 saturated heterocycles. The molecule has 2 heterocycles. The van der Waals surface area contributed by atoms with E-state index in [1.807, 2.05) is 11.4 Å². The van der Waals surface area contributed by atoms with Gasteiger partial charge in [-0.1, -0.05) is 42.5 Å². The number of benzene rings is 2. The lowest BCUT2D eigenvalue weighted by molar-refractivity contribution is 0.0959. The molecule has 2 aromatic carbocycles. The fourth-order valence-electron chi connectivity index (χ4n) is 3.32. The van der Waals surface area contributed by atoms with Crippen molar-refractivity contribution >= 4 is 34.2 Å². The SMILES string of the molecule is Cc1cc(/C=N\NC(=O)c2cccs2)c(C)n1-c1cccc2ccccc12. The maximum Gasteiger partial charge on any atom is 0.281 e. The van der Waals surface area contributed by atoms with Gasteiger partial charge in [0.05, 0.1) is 16.8 Å². The molecule has 0 aliphatic heterocycles. The molecule has 0 aliphatic carbocycles. The van der Waals surface area contributed by atoms with Gasteiger partial charge in [-0.25, -0.2) is 5.43 Å². The minimum absolute atomic E-state index is 0.191. The first-order valence-corrected chi connectivity index (χ1v) is 9.57. The molecule has 4 rings (SSSR count). The van der Waals surface area contributed by atoms with Crippen LogP contribution in [0.1, 0.15) is 26.6 Å². The van der Waals surface area contributed by atoms with Crippen molar-refractivity contribution in [3.8, 4) is 5.69 Å². The molecule has 2 aromatic heterocycles. The van der Waals surface area contributed by atoms with E-state index in [4.69, 9.17) is 0 Å². The van der Waals surface area contributed by atoms with Crippen LogP contribution in [0.3, 0.4) is 0 Å². The molecular formula is C22H19N3OS. The summed E-state index contributed by atoms with van der Waals surface area (Å²) in [6.07, 6.45) is 1.70. The summed E-state index contributed by atoms with van der Waals surface area (Å²) in [6, 6.07) is 20.4. The highest BCUT2D eigenvalue weighted by Crippen LogP contribution is 2.26. The normalized spacial score (nSPS) is 11.3. The van der Waals surface area contributed by atoms with Crippen LogP contribution in [0.4, 0.5) is 0 Å². The fourth-order valence-corrected chi connectivity index (χ4v) is 3.93. The average Bonchev–Trinajstić information content (AvgIpc) is 3.30. The molecule has 134 valence electrons. The standard InChI is InChI=1S/C22H19N3OS/c1-15-13-18(14-23-24-22(26)21-11-6-12-27-21)16(2)25(15)20-10-5-8-17-7-3-4-9-19(17)20/h3-14H,1-2H3,(H,24,26)/b23-14-. The van der Waals surface area contributed by atoms with Gasteiger partial charge in [-0.2, -0.15) is 5.10 Å². The van der Waals surface area contributed by atoms with Crippen LogP contribution in [-0.4, -0.2) is 16.7 Å². The molecule has 5 heteroatoms. The molecular weight excluding hydrogens is 354 g/mol. The smallest absolute Gasteiger partial charge is 0.281 e. The quantitative estimate of drug-likeness (QED) is 0.394. The maximum atomic E-state index is 12.0. The van der Waals surface area contributed by atoms with E-state index in [2.05, 4.69) is 77.5 Å². The molecule has 0 atom stereocenters. The Kier molecular flexibility index (Phi) is 4.60. The van der Waals surface area contributed by atoms with E-state index in [1.165, 1.54) is 22.1 Å². The van der Waals surface area contributed by atoms with E-state index < -0.39 is 0 Å². The summed E-state index contributed by atoms with van der Waals surface area (Å²) in [5.74, 6) is -0.191. The minimum Gasteiger partial charge on any atom is -0.317 e. The second-order valence-corrected chi connectivity index (χ2v) is 7.28. The van der Waals surface area contributed by atoms with Crippen LogP contribution in [-0.2, 0) is 0 Å². The predicted octanol–water partition coefficient (Wildman–Crippen LogP) is 5.07. The van der Waals surface area contributed by atoms with E-state index in [1.54, 1.807) is 12.3 Å². The van der Waals surface area contributed by atoms with Gasteiger partial charge in [0.15, 0.2) is 0 Å². The van der Waals surface area contributed by atoms with Gasteiger partial charge in [-0.05, 0) is 42.8 Å². The third-order valence-electron chi connectivity index (χ3n) is 4.59. The van der Waals surface area contributed by atoms with Gasteiger partial charge >= 0.3 is 0 Å². The van der Waals surface area contributed by atoms with E-state index in [0.717, 1.165) is 22.6 Å². The number of hydrogen-bond donors (Lipinski definition) is 1. The molecule has 1 amide bonds. The zero-order chi connectivity index (χ0) is 18.8. The molecule has 4 aromatic rings. The summed E-state index contributed by atoms with van der Waals surface area (Å²) in [4.78, 5) is 12.6. The highest BCUT2D eigenvalue weighted by molar-refractivity contribution is 7.12. The Labute approximate surface area is 161 Å². The minimum atomic E-state index is -0.191. The second-order valence-electron chi connectivity index (χ2n) is 6.34. The van der Waals surface area contributed by atoms with Gasteiger partial charge in [0.2, 0.25) is 0 Å². The van der Waals surface area contributed by atoms with Crippen molar-refractivity contribution in [1.29, 1.82) is 0 Å². The number of nitrogens with one attached hydrogen (secondary N) is 1. The first kappa shape index (κ1) is 17.2. The molecule has 0 spiro atoms. The van der Waals surface area contributed by atoms with Gasteiger partial charge in [-0.15, -0.1) is 11.3 Å². The third-order valence-corrected chi connectivity index (χ3v) is 5.46. The van der Waals surface area contributed by atoms with Crippen molar-refractivity contribution in [2.24, 2.45) is 5.10 Å². The number of nitrogens with zero attached hydrogens (tertiary/aromatic N) is 2. The molecule has 0 bridgehead atoms. The lowest BCUT2D eigenvalue weighted by Gasteiger charge is -2.12. The molecule has 27 heavy (non-hydrogen) atoms. The van der Waals surface area contributed by atoms with Gasteiger partial charge in [0, 0.05) is 22.3 Å². The number of hydrazone groups is 1. The van der Waals surface area contributed by atoms with Gasteiger partial charge < -0.3 is 4.57 Å². The maximum absolute atomic E-state index is 12.0. The molecule has 4 nitrogen and oxygen atoms in total. The first-order chi connectivity index (χ1) is 13.1. The zero-order valence-corrected chi connectivity index (χ0v) is 16.0. The van der Waals surface area contributed by atoms with E-state index in [-0.39, 0.29) is 5.91 Å². The van der Waals surface area contributed by atoms with E-state index >= 15 is 0 Å². The summed E-state index contributed by atoms with van der Waals surface area (Å²) in [6.45, 7) is 4.15. The van der Waals surface area contributed by atoms with Gasteiger partial charge in [-0.3, -0.25) is 4.79 Å². The Morgan fingerprint density at radius 3 is 2.70 bits per heavy atom. The van der Waals surface area contributed by atoms with Crippen LogP contribution in [0.25, 0.3) is 16.5 Å². The van der Waals surface area contributed by atoms with Crippen molar-refractivity contribution in [3.05, 3.63) is 87.9 Å². The number of rotatable bonds is 4. The van der Waals surface area contributed by atoms with Crippen LogP contribution in [0.2, 0.25) is 0 Å². The molecule has 0 saturated carbocycles. The number of carbonyl (C=O) groups excluding carboxylic acids is 1. The number of aromatic nitrogens is 1. The lowest BCUT2D eigenvalue weighted by Crippen LogP contribution is -2.16. The topological polar surface area (TPSA) is 46.4 Å². The summed E-state index contributed by atoms with van der Waals surface area (Å²) in [5.41, 5.74) is 6.91. The molecule has 0 aliphatic rings. The number of amides is 1. The Morgan fingerprint density at radius 2 is 1.89 bits per heavy atom.